The fraction of sp³-hybridized carbons (Fsp3) is 0.125. The Kier molecular flexibility index (Phi) is 8.84. The van der Waals surface area contributed by atoms with Gasteiger partial charge in [0.25, 0.3) is 5.91 Å². The average molecular weight is 623 g/mol. The molecule has 0 aliphatic rings. The zero-order valence-corrected chi connectivity index (χ0v) is 21.5. The van der Waals surface area contributed by atoms with Gasteiger partial charge in [-0.15, -0.1) is 0 Å². The predicted octanol–water partition coefficient (Wildman–Crippen LogP) is 5.41. The second kappa shape index (κ2) is 11.8. The highest BCUT2D eigenvalue weighted by atomic mass is 127. The summed E-state index contributed by atoms with van der Waals surface area (Å²) in [5, 5.41) is 3.96. The molecule has 1 aromatic heterocycles. The Hall–Kier alpha value is -2.92. The first-order chi connectivity index (χ1) is 15.8. The third-order valence-electron chi connectivity index (χ3n) is 4.27. The van der Waals surface area contributed by atoms with Crippen molar-refractivity contribution in [3.05, 3.63) is 85.3 Å². The first-order valence-corrected chi connectivity index (χ1v) is 11.6. The van der Waals surface area contributed by atoms with Crippen molar-refractivity contribution in [2.24, 2.45) is 5.10 Å². The van der Waals surface area contributed by atoms with E-state index in [9.17, 15) is 9.59 Å². The molecule has 2 aromatic carbocycles. The third-order valence-corrected chi connectivity index (χ3v) is 5.39. The molecule has 0 radical (unpaired) electrons. The Morgan fingerprint density at radius 3 is 2.64 bits per heavy atom. The minimum atomic E-state index is -0.580. The summed E-state index contributed by atoms with van der Waals surface area (Å²) in [4.78, 5) is 24.3. The molecule has 3 rings (SSSR count). The summed E-state index contributed by atoms with van der Waals surface area (Å²) >= 11 is 5.61. The molecule has 33 heavy (non-hydrogen) atoms. The van der Waals surface area contributed by atoms with E-state index in [1.807, 2.05) is 26.0 Å². The normalized spacial score (nSPS) is 11.2. The second-order valence-electron chi connectivity index (χ2n) is 6.90. The van der Waals surface area contributed by atoms with Crippen LogP contribution in [0, 0.1) is 17.4 Å². The number of esters is 1. The Bertz CT molecular complexity index is 1180. The van der Waals surface area contributed by atoms with Crippen LogP contribution in [0.1, 0.15) is 22.5 Å². The molecule has 1 amide bonds. The fourth-order valence-corrected chi connectivity index (χ4v) is 4.17. The van der Waals surface area contributed by atoms with Gasteiger partial charge < -0.3 is 13.9 Å². The highest BCUT2D eigenvalue weighted by Gasteiger charge is 2.10. The Morgan fingerprint density at radius 1 is 1.18 bits per heavy atom. The summed E-state index contributed by atoms with van der Waals surface area (Å²) in [5.74, 6) is 0.498. The van der Waals surface area contributed by atoms with E-state index >= 15 is 0 Å². The van der Waals surface area contributed by atoms with Crippen LogP contribution in [0.3, 0.4) is 0 Å². The number of hydrazone groups is 1. The smallest absolute Gasteiger partial charge is 0.336 e. The molecule has 9 heteroatoms. The van der Waals surface area contributed by atoms with Crippen LogP contribution in [0.15, 0.2) is 68.8 Å². The molecule has 0 unspecified atom stereocenters. The van der Waals surface area contributed by atoms with E-state index in [-0.39, 0.29) is 12.4 Å². The van der Waals surface area contributed by atoms with Gasteiger partial charge in [0.15, 0.2) is 6.61 Å². The number of benzene rings is 2. The highest BCUT2D eigenvalue weighted by Crippen LogP contribution is 2.25. The zero-order valence-electron chi connectivity index (χ0n) is 17.8. The molecule has 0 aliphatic heterocycles. The van der Waals surface area contributed by atoms with Crippen molar-refractivity contribution in [2.45, 2.75) is 13.8 Å². The summed E-state index contributed by atoms with van der Waals surface area (Å²) in [5.41, 5.74) is 4.82. The fourth-order valence-electron chi connectivity index (χ4n) is 2.86. The first-order valence-electron chi connectivity index (χ1n) is 9.76. The number of hydrogen-bond donors (Lipinski definition) is 1. The van der Waals surface area contributed by atoms with Gasteiger partial charge in [0.1, 0.15) is 17.3 Å². The van der Waals surface area contributed by atoms with E-state index in [1.165, 1.54) is 24.6 Å². The van der Waals surface area contributed by atoms with E-state index in [2.05, 4.69) is 49.0 Å². The lowest BCUT2D eigenvalue weighted by molar-refractivity contribution is -0.129. The van der Waals surface area contributed by atoms with Crippen LogP contribution in [0.25, 0.3) is 6.08 Å². The van der Waals surface area contributed by atoms with Crippen molar-refractivity contribution in [1.29, 1.82) is 0 Å². The van der Waals surface area contributed by atoms with Gasteiger partial charge in [-0.3, -0.25) is 4.79 Å². The summed E-state index contributed by atoms with van der Waals surface area (Å²) in [6, 6.07) is 12.5. The number of carbonyl (C=O) groups is 2. The summed E-state index contributed by atoms with van der Waals surface area (Å²) < 4.78 is 18.0. The monoisotopic (exact) mass is 622 g/mol. The number of ether oxygens (including phenoxy) is 2. The number of rotatable bonds is 8. The van der Waals surface area contributed by atoms with Crippen LogP contribution in [-0.2, 0) is 9.59 Å². The van der Waals surface area contributed by atoms with Gasteiger partial charge in [-0.1, -0.05) is 15.9 Å². The third kappa shape index (κ3) is 7.57. The van der Waals surface area contributed by atoms with Gasteiger partial charge >= 0.3 is 5.97 Å². The molecule has 1 heterocycles. The minimum absolute atomic E-state index is 0.183. The largest absolute Gasteiger partial charge is 0.483 e. The van der Waals surface area contributed by atoms with E-state index in [1.54, 1.807) is 30.3 Å². The molecule has 3 aromatic rings. The van der Waals surface area contributed by atoms with Crippen LogP contribution >= 0.6 is 38.5 Å². The number of hydrogen-bond acceptors (Lipinski definition) is 6. The maximum absolute atomic E-state index is 12.2. The molecule has 7 nitrogen and oxygen atoms in total. The number of nitrogens with zero attached hydrogens (tertiary/aromatic N) is 1. The Morgan fingerprint density at radius 2 is 1.94 bits per heavy atom. The van der Waals surface area contributed by atoms with Crippen molar-refractivity contribution in [2.75, 3.05) is 6.61 Å². The molecule has 0 fully saturated rings. The van der Waals surface area contributed by atoms with Crippen molar-refractivity contribution < 1.29 is 23.5 Å². The van der Waals surface area contributed by atoms with Crippen molar-refractivity contribution in [1.82, 2.24) is 5.43 Å². The second-order valence-corrected chi connectivity index (χ2v) is 9.06. The number of carbonyl (C=O) groups excluding carboxylic acids is 2. The SMILES string of the molecule is Cc1cc(I)cc(C)c1OCC(=O)N/N=C/c1cc(Br)ccc1OC(=O)/C=C/c1ccco1. The summed E-state index contributed by atoms with van der Waals surface area (Å²) in [6.07, 6.45) is 5.67. The molecule has 0 saturated heterocycles. The van der Waals surface area contributed by atoms with E-state index < -0.39 is 11.9 Å². The Balaban J connectivity index is 1.59. The molecular formula is C24H20BrIN2O5. The first kappa shape index (κ1) is 24.7. The lowest BCUT2D eigenvalue weighted by Crippen LogP contribution is -2.25. The predicted molar refractivity (Wildman–Crippen MR) is 137 cm³/mol. The topological polar surface area (TPSA) is 90.1 Å². The van der Waals surface area contributed by atoms with E-state index in [4.69, 9.17) is 13.9 Å². The standard InChI is InChI=1S/C24H20BrIN2O5/c1-15-10-19(26)11-16(2)24(15)32-14-22(29)28-27-13-17-12-18(25)5-7-21(17)33-23(30)8-6-20-4-3-9-31-20/h3-13H,14H2,1-2H3,(H,28,29)/b8-6+,27-13+. The number of halogens is 2. The maximum Gasteiger partial charge on any atom is 0.336 e. The van der Waals surface area contributed by atoms with Crippen LogP contribution in [0.5, 0.6) is 11.5 Å². The van der Waals surface area contributed by atoms with Crippen molar-refractivity contribution in [3.63, 3.8) is 0 Å². The van der Waals surface area contributed by atoms with Gasteiger partial charge in [0.2, 0.25) is 0 Å². The summed E-state index contributed by atoms with van der Waals surface area (Å²) in [7, 11) is 0. The molecule has 0 spiro atoms. The van der Waals surface area contributed by atoms with Crippen LogP contribution in [-0.4, -0.2) is 24.7 Å². The van der Waals surface area contributed by atoms with Gasteiger partial charge in [0.05, 0.1) is 12.5 Å². The lowest BCUT2D eigenvalue weighted by atomic mass is 10.1. The molecule has 170 valence electrons. The van der Waals surface area contributed by atoms with Crippen LogP contribution < -0.4 is 14.9 Å². The van der Waals surface area contributed by atoms with Crippen molar-refractivity contribution in [3.8, 4) is 11.5 Å². The highest BCUT2D eigenvalue weighted by molar-refractivity contribution is 14.1. The van der Waals surface area contributed by atoms with Crippen LogP contribution in [0.4, 0.5) is 0 Å². The summed E-state index contributed by atoms with van der Waals surface area (Å²) in [6.45, 7) is 3.68. The van der Waals surface area contributed by atoms with E-state index in [0.717, 1.165) is 19.2 Å². The average Bonchev–Trinajstić information content (AvgIpc) is 3.27. The molecule has 0 bridgehead atoms. The molecule has 0 saturated carbocycles. The van der Waals surface area contributed by atoms with Crippen molar-refractivity contribution >= 4 is 62.7 Å². The van der Waals surface area contributed by atoms with Gasteiger partial charge in [-0.05, 0) is 96.1 Å². The van der Waals surface area contributed by atoms with E-state index in [0.29, 0.717) is 17.1 Å². The molecule has 1 N–H and O–H groups in total. The molecular weight excluding hydrogens is 603 g/mol. The Labute approximate surface area is 213 Å². The number of amides is 1. The molecule has 0 aliphatic carbocycles. The van der Waals surface area contributed by atoms with Crippen LogP contribution in [0.2, 0.25) is 0 Å². The molecule has 0 atom stereocenters. The number of furan rings is 1. The lowest BCUT2D eigenvalue weighted by Gasteiger charge is -2.12. The number of aryl methyl sites for hydroxylation is 2. The minimum Gasteiger partial charge on any atom is -0.483 e. The quantitative estimate of drug-likeness (QED) is 0.0906. The van der Waals surface area contributed by atoms with Gasteiger partial charge in [0, 0.05) is 19.7 Å². The zero-order chi connectivity index (χ0) is 23.8. The number of nitrogens with one attached hydrogen (secondary N) is 1. The van der Waals surface area contributed by atoms with Gasteiger partial charge in [-0.2, -0.15) is 5.10 Å². The van der Waals surface area contributed by atoms with Gasteiger partial charge in [-0.25, -0.2) is 10.2 Å². The maximum atomic E-state index is 12.2.